The van der Waals surface area contributed by atoms with E-state index in [4.69, 9.17) is 21.9 Å². The molecule has 22 nitrogen and oxygen atoms in total. The van der Waals surface area contributed by atoms with E-state index in [0.717, 1.165) is 51.4 Å². The van der Waals surface area contributed by atoms with Crippen molar-refractivity contribution in [2.75, 3.05) is 25.4 Å². The van der Waals surface area contributed by atoms with Crippen LogP contribution < -0.4 is 53.8 Å². The van der Waals surface area contributed by atoms with E-state index in [-0.39, 0.29) is 81.1 Å². The number of aliphatic carboxylic acids is 1. The van der Waals surface area contributed by atoms with Crippen LogP contribution in [0.5, 0.6) is 5.75 Å². The second-order valence-electron chi connectivity index (χ2n) is 21.7. The van der Waals surface area contributed by atoms with Crippen molar-refractivity contribution in [3.63, 3.8) is 0 Å². The lowest BCUT2D eigenvalue weighted by atomic mass is 9.76. The number of amides is 8. The Bertz CT molecular complexity index is 2490. The average Bonchev–Trinajstić information content (AvgIpc) is 4.27. The van der Waals surface area contributed by atoms with Gasteiger partial charge < -0.3 is 63.8 Å². The van der Waals surface area contributed by atoms with Gasteiger partial charge in [0.15, 0.2) is 5.96 Å². The van der Waals surface area contributed by atoms with Gasteiger partial charge >= 0.3 is 5.97 Å². The first-order chi connectivity index (χ1) is 38.3. The van der Waals surface area contributed by atoms with Crippen molar-refractivity contribution in [1.82, 2.24) is 36.8 Å². The molecule has 80 heavy (non-hydrogen) atoms. The highest BCUT2D eigenvalue weighted by Gasteiger charge is 2.50. The van der Waals surface area contributed by atoms with Crippen molar-refractivity contribution in [2.45, 2.75) is 171 Å². The summed E-state index contributed by atoms with van der Waals surface area (Å²) in [5, 5.41) is 26.8. The Morgan fingerprint density at radius 3 is 1.94 bits per heavy atom. The molecule has 0 aromatic heterocycles. The quantitative estimate of drug-likeness (QED) is 0.0418. The Balaban J connectivity index is 1.41. The third-order valence-electron chi connectivity index (χ3n) is 15.5. The summed E-state index contributed by atoms with van der Waals surface area (Å²) in [7, 11) is 2.79. The average molecular weight is 1150 g/mol. The van der Waals surface area contributed by atoms with E-state index in [1.807, 2.05) is 25.1 Å². The van der Waals surface area contributed by atoms with E-state index >= 15 is 9.59 Å². The van der Waals surface area contributed by atoms with E-state index < -0.39 is 107 Å². The summed E-state index contributed by atoms with van der Waals surface area (Å²) in [4.78, 5) is 133. The molecular weight excluding hydrogens is 1070 g/mol. The summed E-state index contributed by atoms with van der Waals surface area (Å²) in [6, 6.07) is 6.94. The van der Waals surface area contributed by atoms with Crippen LogP contribution >= 0.6 is 21.6 Å². The van der Waals surface area contributed by atoms with Crippen LogP contribution in [0.2, 0.25) is 0 Å². The minimum atomic E-state index is -1.65. The molecule has 438 valence electrons. The molecule has 2 saturated heterocycles. The Morgan fingerprint density at radius 1 is 0.762 bits per heavy atom. The van der Waals surface area contributed by atoms with Gasteiger partial charge in [-0.3, -0.25) is 43.3 Å². The molecule has 2 heterocycles. The monoisotopic (exact) mass is 1150 g/mol. The van der Waals surface area contributed by atoms with Crippen LogP contribution in [0, 0.1) is 17.8 Å². The third kappa shape index (κ3) is 17.7. The molecule has 6 rings (SSSR count). The molecule has 0 radical (unpaired) electrons. The SMILES string of the molecule is CCOc1ccc(C[C@@H]2NC(=O)CC(C3CCCC3)(C3CCCC3)SSC[C@@H](C(=O)N3CCC[C@@H]3C(=O)N[C@@H](CCCN=C(N)N)C(=O)O)NC(=O)[C@H](CC(N)=O)NC(=O)[C@H](C(C)C)NC(=O)[C@H](Cc3ccccc3)NC2=O)cc1. The maximum atomic E-state index is 15.1. The van der Waals surface area contributed by atoms with Crippen molar-refractivity contribution in [3.05, 3.63) is 65.7 Å². The lowest BCUT2D eigenvalue weighted by Crippen LogP contribution is -2.61. The summed E-state index contributed by atoms with van der Waals surface area (Å²) in [5.41, 5.74) is 18.0. The van der Waals surface area contributed by atoms with Gasteiger partial charge in [-0.1, -0.05) is 104 Å². The number of nitrogens with zero attached hydrogens (tertiary/aromatic N) is 2. The van der Waals surface area contributed by atoms with E-state index in [2.05, 4.69) is 36.9 Å². The summed E-state index contributed by atoms with van der Waals surface area (Å²) in [5.74, 6) is -7.31. The Kier molecular flexibility index (Phi) is 23.7. The molecule has 0 unspecified atom stereocenters. The standard InChI is InChI=1S/C56H81N11O11S2/c1-4-78-38-24-22-35(23-25-38)29-40-48(70)63-41(28-34-14-6-5-7-15-34)50(72)66-47(33(2)3)52(74)64-42(30-45(57)68)49(71)65-43(32-79-80-56(31-46(69)61-40,36-16-8-9-17-36)37-18-10-11-19-37)53(75)67-27-13-21-44(67)51(73)62-39(54(76)77)20-12-26-60-55(58)59/h5-7,14-15,22-25,33,36-37,39-44,47H,4,8-13,16-21,26-32H2,1-3H3,(H2,57,68)(H,61,69)(H,62,73)(H,63,70)(H,64,74)(H,65,71)(H,66,72)(H,76,77)(H4,58,59,60)/t39-,40-,41-,42-,43-,44+,47-/m0/s1. The molecule has 0 spiro atoms. The van der Waals surface area contributed by atoms with Crippen molar-refractivity contribution in [1.29, 1.82) is 0 Å². The number of hydrogen-bond acceptors (Lipinski definition) is 13. The summed E-state index contributed by atoms with van der Waals surface area (Å²) in [6.45, 7) is 5.86. The minimum absolute atomic E-state index is 0.00258. The number of carbonyl (C=O) groups excluding carboxylic acids is 8. The molecule has 13 N–H and O–H groups in total. The van der Waals surface area contributed by atoms with E-state index in [9.17, 15) is 38.7 Å². The Labute approximate surface area is 476 Å². The van der Waals surface area contributed by atoms with Gasteiger partial charge in [-0.2, -0.15) is 0 Å². The number of nitrogens with two attached hydrogens (primary N) is 3. The first-order valence-corrected chi connectivity index (χ1v) is 30.3. The van der Waals surface area contributed by atoms with Crippen LogP contribution in [0.25, 0.3) is 0 Å². The van der Waals surface area contributed by atoms with Crippen molar-refractivity contribution >= 4 is 80.8 Å². The fourth-order valence-corrected chi connectivity index (χ4v) is 15.3. The highest BCUT2D eigenvalue weighted by atomic mass is 33.1. The van der Waals surface area contributed by atoms with Crippen LogP contribution in [-0.4, -0.2) is 142 Å². The summed E-state index contributed by atoms with van der Waals surface area (Å²) >= 11 is 0. The minimum Gasteiger partial charge on any atom is -0.494 e. The number of hydrogen-bond donors (Lipinski definition) is 10. The van der Waals surface area contributed by atoms with Gasteiger partial charge in [-0.25, -0.2) is 4.79 Å². The molecule has 8 amide bonds. The molecular formula is C56H81N11O11S2. The number of rotatable bonds is 19. The van der Waals surface area contributed by atoms with Crippen LogP contribution in [0.1, 0.15) is 122 Å². The zero-order chi connectivity index (χ0) is 57.9. The zero-order valence-corrected chi connectivity index (χ0v) is 47.7. The molecule has 2 aliphatic carbocycles. The highest BCUT2D eigenvalue weighted by Crippen LogP contribution is 2.57. The molecule has 7 atom stereocenters. The molecule has 24 heteroatoms. The number of benzene rings is 2. The molecule has 4 fully saturated rings. The topological polar surface area (TPSA) is 349 Å². The second kappa shape index (κ2) is 30.3. The smallest absolute Gasteiger partial charge is 0.326 e. The lowest BCUT2D eigenvalue weighted by Gasteiger charge is -2.43. The fraction of sp³-hybridized carbons (Fsp3) is 0.607. The number of carbonyl (C=O) groups is 9. The highest BCUT2D eigenvalue weighted by molar-refractivity contribution is 8.77. The number of nitrogens with one attached hydrogen (secondary N) is 6. The van der Waals surface area contributed by atoms with Crippen LogP contribution in [0.15, 0.2) is 59.6 Å². The van der Waals surface area contributed by atoms with E-state index in [0.29, 0.717) is 29.9 Å². The predicted molar refractivity (Wildman–Crippen MR) is 305 cm³/mol. The van der Waals surface area contributed by atoms with Crippen molar-refractivity contribution < 1.29 is 53.0 Å². The van der Waals surface area contributed by atoms with Gasteiger partial charge in [0.1, 0.15) is 48.0 Å². The molecule has 2 saturated carbocycles. The zero-order valence-electron chi connectivity index (χ0n) is 46.1. The third-order valence-corrected chi connectivity index (χ3v) is 18.9. The summed E-state index contributed by atoms with van der Waals surface area (Å²) in [6.07, 6.45) is 7.29. The molecule has 2 aromatic carbocycles. The number of guanidine groups is 1. The molecule has 0 bridgehead atoms. The Hall–Kier alpha value is -6.56. The fourth-order valence-electron chi connectivity index (χ4n) is 11.4. The predicted octanol–water partition coefficient (Wildman–Crippen LogP) is 2.34. The number of aliphatic imine (C=N–C) groups is 1. The number of carboxylic acid groups (broad SMARTS) is 1. The summed E-state index contributed by atoms with van der Waals surface area (Å²) < 4.78 is 4.97. The second-order valence-corrected chi connectivity index (χ2v) is 24.4. The number of likely N-dealkylation sites (tertiary alicyclic amines) is 1. The molecule has 4 aliphatic rings. The van der Waals surface area contributed by atoms with Gasteiger partial charge in [-0.05, 0) is 99.3 Å². The molecule has 2 aliphatic heterocycles. The number of carboxylic acids is 1. The van der Waals surface area contributed by atoms with Gasteiger partial charge in [0, 0.05) is 42.9 Å². The van der Waals surface area contributed by atoms with Gasteiger partial charge in [0.05, 0.1) is 13.0 Å². The molecule has 2 aromatic rings. The number of ether oxygens (including phenoxy) is 1. The van der Waals surface area contributed by atoms with Crippen molar-refractivity contribution in [3.8, 4) is 5.75 Å². The van der Waals surface area contributed by atoms with Crippen LogP contribution in [-0.2, 0) is 56.0 Å². The van der Waals surface area contributed by atoms with Crippen LogP contribution in [0.4, 0.5) is 0 Å². The first-order valence-electron chi connectivity index (χ1n) is 28.0. The first kappa shape index (κ1) is 62.6. The van der Waals surface area contributed by atoms with Crippen LogP contribution in [0.3, 0.4) is 0 Å². The largest absolute Gasteiger partial charge is 0.494 e. The van der Waals surface area contributed by atoms with Gasteiger partial charge in [0.2, 0.25) is 47.3 Å². The maximum absolute atomic E-state index is 15.1. The van der Waals surface area contributed by atoms with Gasteiger partial charge in [-0.15, -0.1) is 0 Å². The lowest BCUT2D eigenvalue weighted by molar-refractivity contribution is -0.145. The van der Waals surface area contributed by atoms with E-state index in [1.165, 1.54) is 26.5 Å². The maximum Gasteiger partial charge on any atom is 0.326 e. The Morgan fingerprint density at radius 2 is 1.35 bits per heavy atom. The van der Waals surface area contributed by atoms with Crippen molar-refractivity contribution in [2.24, 2.45) is 39.9 Å². The number of primary amides is 1. The van der Waals surface area contributed by atoms with E-state index in [1.54, 1.807) is 50.2 Å². The normalized spacial score (nSPS) is 24.4. The van der Waals surface area contributed by atoms with Gasteiger partial charge in [0.25, 0.3) is 0 Å².